The molecule has 2 aromatic carbocycles. The fourth-order valence-corrected chi connectivity index (χ4v) is 2.88. The minimum Gasteiger partial charge on any atom is -0.491 e. The molecule has 4 nitrogen and oxygen atoms in total. The smallest absolute Gasteiger partial charge is 0.262 e. The summed E-state index contributed by atoms with van der Waals surface area (Å²) in [5.74, 6) is 0.567. The van der Waals surface area contributed by atoms with Gasteiger partial charge in [0.25, 0.3) is 5.91 Å². The zero-order chi connectivity index (χ0) is 17.3. The van der Waals surface area contributed by atoms with Crippen LogP contribution in [0.25, 0.3) is 10.9 Å². The Morgan fingerprint density at radius 2 is 1.75 bits per heavy atom. The Kier molecular flexibility index (Phi) is 4.21. The van der Waals surface area contributed by atoms with Gasteiger partial charge in [-0.1, -0.05) is 18.2 Å². The summed E-state index contributed by atoms with van der Waals surface area (Å²) in [6, 6.07) is 14.5. The van der Waals surface area contributed by atoms with Crippen LogP contribution in [0, 0.1) is 6.92 Å². The number of benzene rings is 2. The van der Waals surface area contributed by atoms with E-state index >= 15 is 0 Å². The topological polar surface area (TPSA) is 48.3 Å². The van der Waals surface area contributed by atoms with Gasteiger partial charge in [-0.3, -0.25) is 14.2 Å². The van der Waals surface area contributed by atoms with Gasteiger partial charge >= 0.3 is 0 Å². The van der Waals surface area contributed by atoms with E-state index in [1.54, 1.807) is 35.8 Å². The number of hydrogen-bond acceptors (Lipinski definition) is 3. The van der Waals surface area contributed by atoms with E-state index in [0.717, 1.165) is 22.9 Å². The third-order valence-electron chi connectivity index (χ3n) is 3.95. The fourth-order valence-electron chi connectivity index (χ4n) is 2.88. The lowest BCUT2D eigenvalue weighted by Gasteiger charge is -2.11. The van der Waals surface area contributed by atoms with Crippen molar-refractivity contribution in [3.8, 4) is 5.75 Å². The number of carbonyl (C=O) groups is 2. The molecule has 0 amide bonds. The van der Waals surface area contributed by atoms with Crippen molar-refractivity contribution in [1.82, 2.24) is 4.57 Å². The van der Waals surface area contributed by atoms with Gasteiger partial charge in [-0.05, 0) is 51.1 Å². The molecule has 3 aromatic rings. The summed E-state index contributed by atoms with van der Waals surface area (Å²) < 4.78 is 7.20. The molecule has 0 aliphatic rings. The second-order valence-corrected chi connectivity index (χ2v) is 5.97. The van der Waals surface area contributed by atoms with Crippen LogP contribution in [0.2, 0.25) is 0 Å². The predicted molar refractivity (Wildman–Crippen MR) is 94.0 cm³/mol. The molecule has 0 fully saturated rings. The number of carbonyl (C=O) groups excluding carboxylic acids is 2. The zero-order valence-corrected chi connectivity index (χ0v) is 13.9. The Balaban J connectivity index is 2.06. The Labute approximate surface area is 140 Å². The molecule has 0 aliphatic carbocycles. The molecule has 0 saturated heterocycles. The Bertz CT molecular complexity index is 905. The molecule has 122 valence electrons. The quantitative estimate of drug-likeness (QED) is 0.675. The molecule has 0 unspecified atom stereocenters. The van der Waals surface area contributed by atoms with Crippen molar-refractivity contribution in [3.05, 3.63) is 65.4 Å². The number of ether oxygens (including phenoxy) is 1. The second kappa shape index (κ2) is 6.32. The van der Waals surface area contributed by atoms with Crippen molar-refractivity contribution in [1.29, 1.82) is 0 Å². The average molecular weight is 321 g/mol. The molecule has 1 heterocycles. The molecule has 0 N–H and O–H groups in total. The molecule has 0 atom stereocenters. The first kappa shape index (κ1) is 16.0. The number of nitrogens with zero attached hydrogens (tertiary/aromatic N) is 1. The van der Waals surface area contributed by atoms with E-state index in [-0.39, 0.29) is 12.0 Å². The van der Waals surface area contributed by atoms with Crippen LogP contribution in [-0.4, -0.2) is 22.9 Å². The van der Waals surface area contributed by atoms with Crippen LogP contribution in [0.3, 0.4) is 0 Å². The Morgan fingerprint density at radius 3 is 2.38 bits per heavy atom. The van der Waals surface area contributed by atoms with Gasteiger partial charge in [-0.15, -0.1) is 0 Å². The SMILES string of the molecule is Cc1c(C=O)c2ccccc2n1C(=O)c1ccc(OC(C)C)cc1. The zero-order valence-electron chi connectivity index (χ0n) is 13.9. The first-order chi connectivity index (χ1) is 11.5. The third-order valence-corrected chi connectivity index (χ3v) is 3.95. The third kappa shape index (κ3) is 2.71. The van der Waals surface area contributed by atoms with Gasteiger partial charge in [-0.25, -0.2) is 0 Å². The van der Waals surface area contributed by atoms with Gasteiger partial charge in [0.05, 0.1) is 11.6 Å². The van der Waals surface area contributed by atoms with E-state index in [0.29, 0.717) is 16.8 Å². The minimum absolute atomic E-state index is 0.0809. The van der Waals surface area contributed by atoms with Crippen LogP contribution in [0.4, 0.5) is 0 Å². The van der Waals surface area contributed by atoms with Crippen LogP contribution in [0.15, 0.2) is 48.5 Å². The van der Waals surface area contributed by atoms with Gasteiger partial charge in [0, 0.05) is 22.2 Å². The summed E-state index contributed by atoms with van der Waals surface area (Å²) in [5, 5.41) is 0.790. The van der Waals surface area contributed by atoms with Crippen molar-refractivity contribution in [2.45, 2.75) is 26.9 Å². The van der Waals surface area contributed by atoms with Gasteiger partial charge in [0.2, 0.25) is 0 Å². The van der Waals surface area contributed by atoms with Crippen molar-refractivity contribution < 1.29 is 14.3 Å². The summed E-state index contributed by atoms with van der Waals surface area (Å²) >= 11 is 0. The number of fused-ring (bicyclic) bond motifs is 1. The van der Waals surface area contributed by atoms with E-state index in [1.807, 2.05) is 38.1 Å². The maximum absolute atomic E-state index is 13.0. The van der Waals surface area contributed by atoms with Crippen LogP contribution >= 0.6 is 0 Å². The first-order valence-electron chi connectivity index (χ1n) is 7.89. The van der Waals surface area contributed by atoms with Crippen molar-refractivity contribution in [2.75, 3.05) is 0 Å². The molecular weight excluding hydrogens is 302 g/mol. The van der Waals surface area contributed by atoms with Gasteiger partial charge in [0.15, 0.2) is 6.29 Å². The normalized spacial score (nSPS) is 11.0. The summed E-state index contributed by atoms with van der Waals surface area (Å²) in [7, 11) is 0. The van der Waals surface area contributed by atoms with Crippen molar-refractivity contribution in [2.24, 2.45) is 0 Å². The second-order valence-electron chi connectivity index (χ2n) is 5.97. The minimum atomic E-state index is -0.159. The molecule has 24 heavy (non-hydrogen) atoms. The summed E-state index contributed by atoms with van der Waals surface area (Å²) in [5.41, 5.74) is 2.49. The lowest BCUT2D eigenvalue weighted by molar-refractivity contribution is 0.0963. The summed E-state index contributed by atoms with van der Waals surface area (Å²) in [6.45, 7) is 5.70. The van der Waals surface area contributed by atoms with E-state index in [4.69, 9.17) is 4.74 Å². The lowest BCUT2D eigenvalue weighted by Crippen LogP contribution is -2.14. The van der Waals surface area contributed by atoms with Crippen LogP contribution < -0.4 is 4.74 Å². The number of hydrogen-bond donors (Lipinski definition) is 0. The number of rotatable bonds is 4. The Morgan fingerprint density at radius 1 is 1.08 bits per heavy atom. The van der Waals surface area contributed by atoms with E-state index < -0.39 is 0 Å². The van der Waals surface area contributed by atoms with E-state index in [1.165, 1.54) is 0 Å². The van der Waals surface area contributed by atoms with Gasteiger partial charge < -0.3 is 4.74 Å². The van der Waals surface area contributed by atoms with Gasteiger partial charge in [0.1, 0.15) is 5.75 Å². The first-order valence-corrected chi connectivity index (χ1v) is 7.89. The lowest BCUT2D eigenvalue weighted by atomic mass is 10.1. The number of aromatic nitrogens is 1. The molecule has 0 aliphatic heterocycles. The molecular formula is C20H19NO3. The average Bonchev–Trinajstić information content (AvgIpc) is 2.85. The highest BCUT2D eigenvalue weighted by molar-refractivity contribution is 6.08. The Hall–Kier alpha value is -2.88. The molecule has 4 heteroatoms. The van der Waals surface area contributed by atoms with E-state index in [9.17, 15) is 9.59 Å². The van der Waals surface area contributed by atoms with Crippen LogP contribution in [0.1, 0.15) is 40.3 Å². The van der Waals surface area contributed by atoms with Crippen molar-refractivity contribution in [3.63, 3.8) is 0 Å². The monoisotopic (exact) mass is 321 g/mol. The molecule has 0 radical (unpaired) electrons. The largest absolute Gasteiger partial charge is 0.491 e. The fraction of sp³-hybridized carbons (Fsp3) is 0.200. The highest BCUT2D eigenvalue weighted by atomic mass is 16.5. The summed E-state index contributed by atoms with van der Waals surface area (Å²) in [6.07, 6.45) is 0.887. The molecule has 0 spiro atoms. The standard InChI is InChI=1S/C20H19NO3/c1-13(2)24-16-10-8-15(9-11-16)20(23)21-14(3)18(12-22)17-6-4-5-7-19(17)21/h4-13H,1-3H3. The highest BCUT2D eigenvalue weighted by Gasteiger charge is 2.19. The number of aldehydes is 1. The molecule has 1 aromatic heterocycles. The highest BCUT2D eigenvalue weighted by Crippen LogP contribution is 2.26. The van der Waals surface area contributed by atoms with Crippen molar-refractivity contribution >= 4 is 23.1 Å². The van der Waals surface area contributed by atoms with E-state index in [2.05, 4.69) is 0 Å². The predicted octanol–water partition coefficient (Wildman–Crippen LogP) is 4.24. The maximum Gasteiger partial charge on any atom is 0.262 e. The van der Waals surface area contributed by atoms with Gasteiger partial charge in [-0.2, -0.15) is 0 Å². The maximum atomic E-state index is 13.0. The molecule has 0 bridgehead atoms. The molecule has 0 saturated carbocycles. The summed E-state index contributed by atoms with van der Waals surface area (Å²) in [4.78, 5) is 24.4. The van der Waals surface area contributed by atoms with Crippen LogP contribution in [-0.2, 0) is 0 Å². The molecule has 3 rings (SSSR count). The number of para-hydroxylation sites is 1. The van der Waals surface area contributed by atoms with Crippen LogP contribution in [0.5, 0.6) is 5.75 Å².